The third kappa shape index (κ3) is 5.98. The molecule has 0 aliphatic heterocycles. The number of pyridine rings is 1. The second kappa shape index (κ2) is 8.06. The SMILES string of the molecule is CC(C)COCCCNC(=O)c1cc(Cl)ccn1. The van der Waals surface area contributed by atoms with Gasteiger partial charge in [0.05, 0.1) is 0 Å². The predicted octanol–water partition coefficient (Wildman–Crippen LogP) is 2.53. The molecule has 18 heavy (non-hydrogen) atoms. The van der Waals surface area contributed by atoms with Crippen LogP contribution in [-0.2, 0) is 4.74 Å². The van der Waals surface area contributed by atoms with Gasteiger partial charge in [-0.1, -0.05) is 25.4 Å². The first kappa shape index (κ1) is 14.9. The lowest BCUT2D eigenvalue weighted by molar-refractivity contribution is 0.0920. The standard InChI is InChI=1S/C13H19ClN2O2/c1-10(2)9-18-7-3-5-16-13(17)12-8-11(14)4-6-15-12/h4,6,8,10H,3,5,7,9H2,1-2H3,(H,16,17). The predicted molar refractivity (Wildman–Crippen MR) is 71.9 cm³/mol. The smallest absolute Gasteiger partial charge is 0.269 e. The monoisotopic (exact) mass is 270 g/mol. The molecule has 0 spiro atoms. The van der Waals surface area contributed by atoms with E-state index in [1.165, 1.54) is 6.20 Å². The van der Waals surface area contributed by atoms with Crippen LogP contribution in [0.2, 0.25) is 5.02 Å². The maximum absolute atomic E-state index is 11.7. The number of rotatable bonds is 7. The normalized spacial score (nSPS) is 10.7. The number of amides is 1. The molecule has 5 heteroatoms. The molecule has 0 unspecified atom stereocenters. The number of carbonyl (C=O) groups excluding carboxylic acids is 1. The van der Waals surface area contributed by atoms with Crippen molar-refractivity contribution in [2.75, 3.05) is 19.8 Å². The molecular weight excluding hydrogens is 252 g/mol. The van der Waals surface area contributed by atoms with Crippen molar-refractivity contribution in [2.45, 2.75) is 20.3 Å². The van der Waals surface area contributed by atoms with Gasteiger partial charge >= 0.3 is 0 Å². The van der Waals surface area contributed by atoms with Crippen molar-refractivity contribution < 1.29 is 9.53 Å². The Morgan fingerprint density at radius 3 is 3.00 bits per heavy atom. The number of hydrogen-bond donors (Lipinski definition) is 1. The number of carbonyl (C=O) groups is 1. The molecule has 4 nitrogen and oxygen atoms in total. The molecule has 0 aliphatic carbocycles. The third-order valence-electron chi connectivity index (χ3n) is 2.16. The van der Waals surface area contributed by atoms with Gasteiger partial charge in [-0.3, -0.25) is 9.78 Å². The fraction of sp³-hybridized carbons (Fsp3) is 0.538. The zero-order chi connectivity index (χ0) is 13.4. The Morgan fingerprint density at radius 2 is 2.33 bits per heavy atom. The van der Waals surface area contributed by atoms with Gasteiger partial charge in [-0.05, 0) is 24.5 Å². The van der Waals surface area contributed by atoms with Crippen LogP contribution in [0.5, 0.6) is 0 Å². The van der Waals surface area contributed by atoms with Crippen molar-refractivity contribution in [1.82, 2.24) is 10.3 Å². The van der Waals surface area contributed by atoms with Crippen LogP contribution in [-0.4, -0.2) is 30.6 Å². The summed E-state index contributed by atoms with van der Waals surface area (Å²) < 4.78 is 5.41. The van der Waals surface area contributed by atoms with Gasteiger partial charge in [0.2, 0.25) is 0 Å². The lowest BCUT2D eigenvalue weighted by Gasteiger charge is -2.07. The average Bonchev–Trinajstić information content (AvgIpc) is 2.33. The second-order valence-corrected chi connectivity index (χ2v) is 4.87. The van der Waals surface area contributed by atoms with Crippen molar-refractivity contribution >= 4 is 17.5 Å². The van der Waals surface area contributed by atoms with Gasteiger partial charge in [0.15, 0.2) is 0 Å². The third-order valence-corrected chi connectivity index (χ3v) is 2.39. The van der Waals surface area contributed by atoms with E-state index in [0.717, 1.165) is 13.0 Å². The van der Waals surface area contributed by atoms with E-state index in [4.69, 9.17) is 16.3 Å². The van der Waals surface area contributed by atoms with Crippen LogP contribution < -0.4 is 5.32 Å². The van der Waals surface area contributed by atoms with E-state index in [-0.39, 0.29) is 5.91 Å². The zero-order valence-electron chi connectivity index (χ0n) is 10.8. The van der Waals surface area contributed by atoms with Crippen LogP contribution in [0.4, 0.5) is 0 Å². The highest BCUT2D eigenvalue weighted by Crippen LogP contribution is 2.07. The average molecular weight is 271 g/mol. The van der Waals surface area contributed by atoms with Crippen molar-refractivity contribution in [3.8, 4) is 0 Å². The lowest BCUT2D eigenvalue weighted by Crippen LogP contribution is -2.26. The van der Waals surface area contributed by atoms with E-state index in [9.17, 15) is 4.79 Å². The molecule has 100 valence electrons. The molecule has 0 fully saturated rings. The molecule has 1 amide bonds. The van der Waals surface area contributed by atoms with Crippen molar-refractivity contribution in [2.24, 2.45) is 5.92 Å². The van der Waals surface area contributed by atoms with Crippen molar-refractivity contribution in [3.63, 3.8) is 0 Å². The topological polar surface area (TPSA) is 51.2 Å². The van der Waals surface area contributed by atoms with Gasteiger partial charge in [0.1, 0.15) is 5.69 Å². The summed E-state index contributed by atoms with van der Waals surface area (Å²) >= 11 is 5.78. The Hall–Kier alpha value is -1.13. The van der Waals surface area contributed by atoms with Crippen molar-refractivity contribution in [3.05, 3.63) is 29.0 Å². The first-order valence-electron chi connectivity index (χ1n) is 6.07. The molecule has 1 aromatic rings. The molecule has 0 bridgehead atoms. The van der Waals surface area contributed by atoms with Crippen LogP contribution in [0.1, 0.15) is 30.8 Å². The van der Waals surface area contributed by atoms with Crippen LogP contribution >= 0.6 is 11.6 Å². The minimum Gasteiger partial charge on any atom is -0.381 e. The minimum absolute atomic E-state index is 0.207. The highest BCUT2D eigenvalue weighted by Gasteiger charge is 2.06. The fourth-order valence-electron chi connectivity index (χ4n) is 1.31. The number of nitrogens with one attached hydrogen (secondary N) is 1. The Bertz CT molecular complexity index is 383. The maximum Gasteiger partial charge on any atom is 0.269 e. The molecular formula is C13H19ClN2O2. The molecule has 1 N–H and O–H groups in total. The first-order valence-corrected chi connectivity index (χ1v) is 6.45. The van der Waals surface area contributed by atoms with Crippen LogP contribution in [0, 0.1) is 5.92 Å². The van der Waals surface area contributed by atoms with E-state index in [1.54, 1.807) is 12.1 Å². The summed E-state index contributed by atoms with van der Waals surface area (Å²) in [6.07, 6.45) is 2.31. The molecule has 1 aromatic heterocycles. The van der Waals surface area contributed by atoms with E-state index >= 15 is 0 Å². The summed E-state index contributed by atoms with van der Waals surface area (Å²) in [5.74, 6) is 0.330. The summed E-state index contributed by atoms with van der Waals surface area (Å²) in [7, 11) is 0. The highest BCUT2D eigenvalue weighted by atomic mass is 35.5. The van der Waals surface area contributed by atoms with Gasteiger partial charge < -0.3 is 10.1 Å². The Labute approximate surface area is 113 Å². The number of halogens is 1. The molecule has 0 radical (unpaired) electrons. The van der Waals surface area contributed by atoms with Gasteiger partial charge in [0.25, 0.3) is 5.91 Å². The van der Waals surface area contributed by atoms with Gasteiger partial charge in [-0.2, -0.15) is 0 Å². The number of nitrogens with zero attached hydrogens (tertiary/aromatic N) is 1. The molecule has 0 aliphatic rings. The van der Waals surface area contributed by atoms with Crippen LogP contribution in [0.25, 0.3) is 0 Å². The summed E-state index contributed by atoms with van der Waals surface area (Å²) in [6.45, 7) is 6.19. The van der Waals surface area contributed by atoms with E-state index in [0.29, 0.717) is 29.8 Å². The van der Waals surface area contributed by atoms with Crippen LogP contribution in [0.3, 0.4) is 0 Å². The van der Waals surface area contributed by atoms with E-state index < -0.39 is 0 Å². The minimum atomic E-state index is -0.207. The molecule has 0 saturated heterocycles. The van der Waals surface area contributed by atoms with Gasteiger partial charge in [-0.25, -0.2) is 0 Å². The Morgan fingerprint density at radius 1 is 1.56 bits per heavy atom. The summed E-state index contributed by atoms with van der Waals surface area (Å²) in [5.41, 5.74) is 0.339. The number of ether oxygens (including phenoxy) is 1. The quantitative estimate of drug-likeness (QED) is 0.775. The second-order valence-electron chi connectivity index (χ2n) is 4.44. The highest BCUT2D eigenvalue weighted by molar-refractivity contribution is 6.30. The Kier molecular flexibility index (Phi) is 6.68. The number of aromatic nitrogens is 1. The zero-order valence-corrected chi connectivity index (χ0v) is 11.5. The number of hydrogen-bond acceptors (Lipinski definition) is 3. The fourth-order valence-corrected chi connectivity index (χ4v) is 1.47. The molecule has 1 heterocycles. The first-order chi connectivity index (χ1) is 8.59. The van der Waals surface area contributed by atoms with E-state index in [2.05, 4.69) is 24.1 Å². The van der Waals surface area contributed by atoms with Gasteiger partial charge in [0, 0.05) is 31.0 Å². The van der Waals surface area contributed by atoms with Crippen LogP contribution in [0.15, 0.2) is 18.3 Å². The van der Waals surface area contributed by atoms with E-state index in [1.807, 2.05) is 0 Å². The molecule has 0 saturated carbocycles. The van der Waals surface area contributed by atoms with Gasteiger partial charge in [-0.15, -0.1) is 0 Å². The Balaban J connectivity index is 2.18. The molecule has 0 aromatic carbocycles. The summed E-state index contributed by atoms with van der Waals surface area (Å²) in [6, 6.07) is 3.18. The largest absolute Gasteiger partial charge is 0.381 e. The van der Waals surface area contributed by atoms with Crippen molar-refractivity contribution in [1.29, 1.82) is 0 Å². The summed E-state index contributed by atoms with van der Waals surface area (Å²) in [4.78, 5) is 15.6. The summed E-state index contributed by atoms with van der Waals surface area (Å²) in [5, 5.41) is 3.28. The maximum atomic E-state index is 11.7. The molecule has 1 rings (SSSR count). The molecule has 0 atom stereocenters. The lowest BCUT2D eigenvalue weighted by atomic mass is 10.2.